The van der Waals surface area contributed by atoms with E-state index in [9.17, 15) is 37.7 Å². The lowest BCUT2D eigenvalue weighted by Gasteiger charge is -2.19. The number of carbonyl (C=O) groups excluding carboxylic acids is 5. The monoisotopic (exact) mass is 1300 g/mol. The van der Waals surface area contributed by atoms with Crippen LogP contribution in [0.3, 0.4) is 0 Å². The number of amides is 5. The van der Waals surface area contributed by atoms with Gasteiger partial charge in [0.05, 0.1) is 130 Å². The van der Waals surface area contributed by atoms with Crippen LogP contribution in [0.4, 0.5) is 20.4 Å². The molecule has 1 saturated heterocycles. The molecule has 4 heterocycles. The fraction of sp³-hybridized carbons (Fsp3) is 0.627. The van der Waals surface area contributed by atoms with Crippen LogP contribution in [0.5, 0.6) is 11.6 Å². The van der Waals surface area contributed by atoms with Crippen molar-refractivity contribution in [3.8, 4) is 22.8 Å². The molecule has 3 aromatic rings. The predicted octanol–water partition coefficient (Wildman–Crippen LogP) is 3.45. The van der Waals surface area contributed by atoms with E-state index < -0.39 is 52.0 Å². The number of nitrogens with one attached hydrogen (secondary N) is 4. The van der Waals surface area contributed by atoms with Crippen molar-refractivity contribution in [2.24, 2.45) is 5.73 Å². The average Bonchev–Trinajstić information content (AvgIpc) is 3.31. The lowest BCUT2D eigenvalue weighted by Crippen LogP contribution is -2.47. The summed E-state index contributed by atoms with van der Waals surface area (Å²) in [5.41, 5.74) is 6.62. The molecule has 0 spiro atoms. The highest BCUT2D eigenvalue weighted by Crippen LogP contribution is 2.35. The molecule has 0 saturated carbocycles. The predicted molar refractivity (Wildman–Crippen MR) is 325 cm³/mol. The summed E-state index contributed by atoms with van der Waals surface area (Å²) < 4.78 is 97.7. The number of anilines is 2. The summed E-state index contributed by atoms with van der Waals surface area (Å²) in [5.74, 6) is -3.20. The molecule has 2 aromatic heterocycles. The summed E-state index contributed by atoms with van der Waals surface area (Å²) in [6.07, 6.45) is 3.97. The average molecular weight is 1300 g/mol. The maximum Gasteiger partial charge on any atom is 0.321 e. The number of benzene rings is 1. The van der Waals surface area contributed by atoms with Crippen molar-refractivity contribution in [2.45, 2.75) is 87.3 Å². The highest BCUT2D eigenvalue weighted by molar-refractivity contribution is 8.00. The number of thioether (sulfide) groups is 1. The molecule has 0 aliphatic carbocycles. The number of carboxylic acids is 1. The van der Waals surface area contributed by atoms with E-state index in [2.05, 4.69) is 31.2 Å². The van der Waals surface area contributed by atoms with E-state index in [-0.39, 0.29) is 136 Å². The molecule has 2 unspecified atom stereocenters. The molecule has 30 heteroatoms. The largest absolute Gasteiger partial charge is 0.616 e. The molecule has 5 amide bonds. The minimum Gasteiger partial charge on any atom is -0.616 e. The van der Waals surface area contributed by atoms with Crippen LogP contribution in [0, 0.1) is 11.6 Å². The minimum absolute atomic E-state index is 0.00853. The Hall–Kier alpha value is -5.90. The van der Waals surface area contributed by atoms with E-state index in [1.54, 1.807) is 19.2 Å². The highest BCUT2D eigenvalue weighted by Gasteiger charge is 2.39. The Labute approximate surface area is 524 Å². The number of methoxy groups -OCH3 is 1. The molecular formula is C59H86F2N8O18S2. The number of ether oxygens (including phenoxy) is 10. The van der Waals surface area contributed by atoms with Gasteiger partial charge in [0.1, 0.15) is 52.6 Å². The third kappa shape index (κ3) is 30.2. The van der Waals surface area contributed by atoms with Crippen LogP contribution < -0.4 is 36.5 Å². The van der Waals surface area contributed by atoms with Crippen molar-refractivity contribution in [3.05, 3.63) is 59.8 Å². The van der Waals surface area contributed by atoms with Gasteiger partial charge in [0, 0.05) is 80.6 Å². The molecule has 2 aliphatic rings. The van der Waals surface area contributed by atoms with E-state index in [1.807, 2.05) is 0 Å². The van der Waals surface area contributed by atoms with Crippen LogP contribution in [-0.4, -0.2) is 228 Å². The van der Waals surface area contributed by atoms with Gasteiger partial charge in [0.25, 0.3) is 0 Å². The van der Waals surface area contributed by atoms with Crippen LogP contribution in [0.2, 0.25) is 0 Å². The second-order valence-corrected chi connectivity index (χ2v) is 23.1. The number of aromatic nitrogens is 2. The van der Waals surface area contributed by atoms with Crippen molar-refractivity contribution in [2.75, 3.05) is 156 Å². The number of likely N-dealkylation sites (tertiary alicyclic amines) is 1. The number of pyridine rings is 2. The molecular weight excluding hydrogens is 1210 g/mol. The zero-order chi connectivity index (χ0) is 63.9. The number of aliphatic carboxylic acids is 1. The van der Waals surface area contributed by atoms with Crippen LogP contribution in [-0.2, 0) is 83.6 Å². The van der Waals surface area contributed by atoms with E-state index in [1.165, 1.54) is 24.3 Å². The number of nitrogens with zero attached hydrogens (tertiary/aromatic N) is 3. The van der Waals surface area contributed by atoms with E-state index in [4.69, 9.17) is 58.2 Å². The standard InChI is InChI=1S/C59H86F2N8O18S2/c1-78-19-20-80-23-24-82-27-28-84-31-32-85-30-29-83-26-25-81-22-21-79-18-14-64-57(73)48(66-54(71)9-3-2-6-15-69-56(72)38-50(58(69)74)88-40-47(62)59(75)76)8-4-5-13-63-53(70)12-33-89(77)41-42-34-52-67-51-37-45(46(61)39-65-51)44-11-10-43(60)36-49(44)86-16-7-17-87-55(35-42)68-52/h10-11,34-37,39,47-48,50H,2-9,12-33,38,40-41,62H2,1H3,(H,63,70)(H,64,73)(H,66,71)(H,75,76)(H,65,67,68)/t47-,48-,50?,89?/m0/s1. The number of carboxylic acid groups (broad SMARTS) is 1. The number of fused-ring (bicyclic) bond motifs is 6. The number of imide groups is 1. The molecule has 1 fully saturated rings. The third-order valence-corrected chi connectivity index (χ3v) is 15.9. The Morgan fingerprint density at radius 2 is 1.43 bits per heavy atom. The molecule has 4 bridgehead atoms. The molecule has 89 heavy (non-hydrogen) atoms. The molecule has 0 radical (unpaired) electrons. The van der Waals surface area contributed by atoms with Crippen LogP contribution in [0.15, 0.2) is 42.6 Å². The van der Waals surface area contributed by atoms with Crippen molar-refractivity contribution < 1.29 is 94.6 Å². The maximum absolute atomic E-state index is 15.1. The number of hydrogen-bond acceptors (Lipinski definition) is 22. The number of carbonyl (C=O) groups is 6. The maximum atomic E-state index is 15.1. The van der Waals surface area contributed by atoms with Crippen molar-refractivity contribution in [1.82, 2.24) is 30.8 Å². The topological polar surface area (TPSA) is 341 Å². The smallest absolute Gasteiger partial charge is 0.321 e. The molecule has 26 nitrogen and oxygen atoms in total. The second kappa shape index (κ2) is 43.7. The van der Waals surface area contributed by atoms with Gasteiger partial charge in [-0.3, -0.25) is 33.7 Å². The van der Waals surface area contributed by atoms with Gasteiger partial charge in [-0.15, -0.1) is 11.8 Å². The fourth-order valence-electron chi connectivity index (χ4n) is 8.65. The number of hydrogen-bond donors (Lipinski definition) is 6. The zero-order valence-electron chi connectivity index (χ0n) is 50.5. The highest BCUT2D eigenvalue weighted by atomic mass is 32.2. The number of unbranched alkanes of at least 4 members (excludes halogenated alkanes) is 3. The number of halogens is 2. The zero-order valence-corrected chi connectivity index (χ0v) is 52.1. The van der Waals surface area contributed by atoms with Gasteiger partial charge >= 0.3 is 5.97 Å². The van der Waals surface area contributed by atoms with E-state index >= 15 is 4.39 Å². The van der Waals surface area contributed by atoms with Gasteiger partial charge in [-0.05, 0) is 67.5 Å². The summed E-state index contributed by atoms with van der Waals surface area (Å²) in [4.78, 5) is 85.8. The molecule has 7 N–H and O–H groups in total. The summed E-state index contributed by atoms with van der Waals surface area (Å²) in [5, 5.41) is 19.9. The Balaban J connectivity index is 0.986. The van der Waals surface area contributed by atoms with E-state index in [0.717, 1.165) is 22.9 Å². The first kappa shape index (κ1) is 73.8. The van der Waals surface area contributed by atoms with Crippen LogP contribution in [0.1, 0.15) is 69.8 Å². The lowest BCUT2D eigenvalue weighted by molar-refractivity contribution is -0.139. The lowest BCUT2D eigenvalue weighted by atomic mass is 10.0. The Bertz CT molecular complexity index is 2630. The summed E-state index contributed by atoms with van der Waals surface area (Å²) >= 11 is -0.446. The molecule has 496 valence electrons. The quantitative estimate of drug-likeness (QED) is 0.0268. The van der Waals surface area contributed by atoms with Gasteiger partial charge in [-0.25, -0.2) is 13.8 Å². The van der Waals surface area contributed by atoms with Crippen LogP contribution >= 0.6 is 11.8 Å². The first-order valence-electron chi connectivity index (χ1n) is 29.9. The van der Waals surface area contributed by atoms with Gasteiger partial charge in [0.2, 0.25) is 35.4 Å². The Kier molecular flexibility index (Phi) is 36.3. The van der Waals surface area contributed by atoms with Gasteiger partial charge in [-0.1, -0.05) is 6.42 Å². The van der Waals surface area contributed by atoms with Gasteiger partial charge in [0.15, 0.2) is 0 Å². The summed E-state index contributed by atoms with van der Waals surface area (Å²) in [6, 6.07) is 6.53. The molecule has 1 aromatic carbocycles. The van der Waals surface area contributed by atoms with Gasteiger partial charge in [-0.2, -0.15) is 4.98 Å². The molecule has 4 atom stereocenters. The van der Waals surface area contributed by atoms with Crippen molar-refractivity contribution in [1.29, 1.82) is 0 Å². The first-order valence-corrected chi connectivity index (χ1v) is 32.4. The number of nitrogens with two attached hydrogens (primary N) is 1. The molecule has 5 rings (SSSR count). The van der Waals surface area contributed by atoms with Gasteiger partial charge < -0.3 is 84.0 Å². The fourth-order valence-corrected chi connectivity index (χ4v) is 10.9. The Morgan fingerprint density at radius 1 is 0.775 bits per heavy atom. The Morgan fingerprint density at radius 3 is 2.09 bits per heavy atom. The molecule has 2 aliphatic heterocycles. The van der Waals surface area contributed by atoms with Crippen LogP contribution in [0.25, 0.3) is 11.1 Å². The first-order chi connectivity index (χ1) is 43.2. The number of rotatable bonds is 46. The SMILES string of the molecule is COCCOCCOCCOCCOCCOCCOCCOCCNC(=O)[C@H](CCCCNC(=O)CC[S+]([O-])Cc1cc2nc(c1)OCCCOc1cc(F)ccc1-c1cc(ncc1F)N2)NC(=O)CCCCCN1C(=O)CC(SC[C@H](N)C(=O)O)C1=O. The van der Waals surface area contributed by atoms with E-state index in [0.29, 0.717) is 141 Å². The van der Waals surface area contributed by atoms with Crippen molar-refractivity contribution in [3.63, 3.8) is 0 Å². The van der Waals surface area contributed by atoms with Crippen molar-refractivity contribution >= 4 is 70.1 Å². The summed E-state index contributed by atoms with van der Waals surface area (Å²) in [6.45, 7) is 7.07. The summed E-state index contributed by atoms with van der Waals surface area (Å²) in [7, 11) is 1.62. The minimum atomic E-state index is -1.49. The normalized spacial score (nSPS) is 15.0. The second-order valence-electron chi connectivity index (χ2n) is 20.3. The third-order valence-electron chi connectivity index (χ3n) is 13.3.